The smallest absolute Gasteiger partial charge is 0.288 e. The second kappa shape index (κ2) is 7.75. The van der Waals surface area contributed by atoms with Crippen molar-refractivity contribution >= 4 is 23.4 Å². The second-order valence-corrected chi connectivity index (χ2v) is 5.87. The summed E-state index contributed by atoms with van der Waals surface area (Å²) in [6, 6.07) is 9.54. The number of anilines is 1. The van der Waals surface area contributed by atoms with Crippen molar-refractivity contribution in [2.24, 2.45) is 0 Å². The van der Waals surface area contributed by atoms with Gasteiger partial charge in [-0.3, -0.25) is 9.59 Å². The first-order chi connectivity index (χ1) is 11.4. The van der Waals surface area contributed by atoms with Gasteiger partial charge >= 0.3 is 0 Å². The van der Waals surface area contributed by atoms with E-state index in [-0.39, 0.29) is 22.7 Å². The van der Waals surface area contributed by atoms with Crippen molar-refractivity contribution in [1.82, 2.24) is 4.57 Å². The van der Waals surface area contributed by atoms with Crippen LogP contribution in [0.15, 0.2) is 46.2 Å². The predicted molar refractivity (Wildman–Crippen MR) is 87.1 cm³/mol. The van der Waals surface area contributed by atoms with E-state index in [0.717, 1.165) is 4.57 Å². The van der Waals surface area contributed by atoms with Crippen LogP contribution in [-0.4, -0.2) is 16.2 Å². The number of hydrogen-bond donors (Lipinski definition) is 1. The zero-order valence-corrected chi connectivity index (χ0v) is 13.4. The van der Waals surface area contributed by atoms with Crippen LogP contribution in [0.5, 0.6) is 0 Å². The minimum atomic E-state index is -2.61. The number of aromatic nitrogens is 1. The molecule has 0 aliphatic carbocycles. The molecule has 1 heterocycles. The van der Waals surface area contributed by atoms with Gasteiger partial charge in [-0.15, -0.1) is 0 Å². The number of halogens is 2. The van der Waals surface area contributed by atoms with E-state index in [2.05, 4.69) is 5.32 Å². The number of pyridine rings is 1. The normalized spacial score (nSPS) is 10.5. The summed E-state index contributed by atoms with van der Waals surface area (Å²) in [6.07, 6.45) is 1.41. The Morgan fingerprint density at radius 1 is 1.38 bits per heavy atom. The number of para-hydroxylation sites is 1. The molecule has 0 aliphatic heterocycles. The third-order valence-corrected chi connectivity index (χ3v) is 3.96. The number of alkyl halides is 2. The number of aryl methyl sites for hydroxylation is 1. The van der Waals surface area contributed by atoms with E-state index in [1.54, 1.807) is 31.2 Å². The molecule has 1 aromatic carbocycles. The van der Waals surface area contributed by atoms with E-state index in [9.17, 15) is 18.4 Å². The lowest BCUT2D eigenvalue weighted by molar-refractivity contribution is -0.116. The molecule has 8 heteroatoms. The van der Waals surface area contributed by atoms with Crippen LogP contribution < -0.4 is 10.9 Å². The number of carbonyl (C=O) groups is 1. The Kier molecular flexibility index (Phi) is 5.71. The average Bonchev–Trinajstić information content (AvgIpc) is 2.52. The molecule has 0 unspecified atom stereocenters. The van der Waals surface area contributed by atoms with Gasteiger partial charge in [-0.2, -0.15) is 14.0 Å². The van der Waals surface area contributed by atoms with Gasteiger partial charge in [0.2, 0.25) is 5.91 Å². The van der Waals surface area contributed by atoms with Crippen molar-refractivity contribution in [1.29, 1.82) is 5.26 Å². The molecular formula is C16H13F2N3O2S. The number of carbonyl (C=O) groups excluding carboxylic acids is 1. The standard InChI is InChI=1S/C16H13F2N3O2S/c1-10-6-7-21(15(23)11(10)8-19)9-14(22)20-12-4-2-3-5-13(12)24-16(17)18/h2-7,16H,9H2,1H3,(H,20,22). The van der Waals surface area contributed by atoms with E-state index < -0.39 is 17.2 Å². The molecule has 0 atom stereocenters. The maximum absolute atomic E-state index is 12.5. The van der Waals surface area contributed by atoms with Crippen LogP contribution in [0.25, 0.3) is 0 Å². The van der Waals surface area contributed by atoms with E-state index in [4.69, 9.17) is 5.26 Å². The second-order valence-electron chi connectivity index (χ2n) is 4.84. The molecule has 5 nitrogen and oxygen atoms in total. The monoisotopic (exact) mass is 349 g/mol. The van der Waals surface area contributed by atoms with Gasteiger partial charge in [0, 0.05) is 11.1 Å². The van der Waals surface area contributed by atoms with Crippen molar-refractivity contribution < 1.29 is 13.6 Å². The number of amides is 1. The number of thioether (sulfide) groups is 1. The van der Waals surface area contributed by atoms with Gasteiger partial charge in [0.05, 0.1) is 5.69 Å². The average molecular weight is 349 g/mol. The lowest BCUT2D eigenvalue weighted by Crippen LogP contribution is -2.29. The van der Waals surface area contributed by atoms with E-state index >= 15 is 0 Å². The van der Waals surface area contributed by atoms with Crippen LogP contribution in [0.3, 0.4) is 0 Å². The number of benzene rings is 1. The van der Waals surface area contributed by atoms with Crippen LogP contribution in [0.4, 0.5) is 14.5 Å². The molecule has 2 rings (SSSR count). The minimum absolute atomic E-state index is 0.0287. The summed E-state index contributed by atoms with van der Waals surface area (Å²) >= 11 is 0.325. The van der Waals surface area contributed by atoms with E-state index in [1.165, 1.54) is 18.3 Å². The molecule has 124 valence electrons. The Bertz CT molecular complexity index is 859. The first-order valence-electron chi connectivity index (χ1n) is 6.86. The van der Waals surface area contributed by atoms with Crippen LogP contribution >= 0.6 is 11.8 Å². The van der Waals surface area contributed by atoms with Crippen molar-refractivity contribution in [3.05, 3.63) is 58.0 Å². The summed E-state index contributed by atoms with van der Waals surface area (Å²) in [5, 5.41) is 11.5. The minimum Gasteiger partial charge on any atom is -0.324 e. The van der Waals surface area contributed by atoms with E-state index in [1.807, 2.05) is 0 Å². The SMILES string of the molecule is Cc1ccn(CC(=O)Nc2ccccc2SC(F)F)c(=O)c1C#N. The highest BCUT2D eigenvalue weighted by Crippen LogP contribution is 2.31. The highest BCUT2D eigenvalue weighted by molar-refractivity contribution is 7.99. The van der Waals surface area contributed by atoms with Gasteiger partial charge in [-0.25, -0.2) is 0 Å². The molecule has 24 heavy (non-hydrogen) atoms. The third kappa shape index (κ3) is 4.20. The van der Waals surface area contributed by atoms with Gasteiger partial charge < -0.3 is 9.88 Å². The maximum Gasteiger partial charge on any atom is 0.288 e. The molecule has 0 radical (unpaired) electrons. The molecule has 0 aliphatic rings. The molecule has 1 aromatic heterocycles. The van der Waals surface area contributed by atoms with Crippen molar-refractivity contribution in [3.63, 3.8) is 0 Å². The lowest BCUT2D eigenvalue weighted by atomic mass is 10.2. The highest BCUT2D eigenvalue weighted by atomic mass is 32.2. The van der Waals surface area contributed by atoms with E-state index in [0.29, 0.717) is 17.3 Å². The van der Waals surface area contributed by atoms with Crippen molar-refractivity contribution in [3.8, 4) is 6.07 Å². The molecule has 2 aromatic rings. The maximum atomic E-state index is 12.5. The Balaban J connectivity index is 2.19. The van der Waals surface area contributed by atoms with Crippen molar-refractivity contribution in [2.45, 2.75) is 24.1 Å². The summed E-state index contributed by atoms with van der Waals surface area (Å²) < 4.78 is 26.2. The van der Waals surface area contributed by atoms with Crippen LogP contribution in [-0.2, 0) is 11.3 Å². The molecule has 1 amide bonds. The van der Waals surface area contributed by atoms with Gasteiger partial charge in [-0.1, -0.05) is 23.9 Å². The fraction of sp³-hybridized carbons (Fsp3) is 0.188. The summed E-state index contributed by atoms with van der Waals surface area (Å²) in [7, 11) is 0. The predicted octanol–water partition coefficient (Wildman–Crippen LogP) is 2.98. The summed E-state index contributed by atoms with van der Waals surface area (Å²) in [5.41, 5.74) is 0.174. The van der Waals surface area contributed by atoms with Crippen LogP contribution in [0.2, 0.25) is 0 Å². The van der Waals surface area contributed by atoms with Crippen LogP contribution in [0, 0.1) is 18.3 Å². The highest BCUT2D eigenvalue weighted by Gasteiger charge is 2.13. The Morgan fingerprint density at radius 3 is 2.75 bits per heavy atom. The molecule has 0 fully saturated rings. The van der Waals surface area contributed by atoms with Gasteiger partial charge in [0.1, 0.15) is 18.2 Å². The lowest BCUT2D eigenvalue weighted by Gasteiger charge is -2.11. The number of nitrogens with zero attached hydrogens (tertiary/aromatic N) is 2. The number of nitriles is 1. The Hall–Kier alpha value is -2.66. The molecule has 0 saturated carbocycles. The zero-order chi connectivity index (χ0) is 17.7. The summed E-state index contributed by atoms with van der Waals surface area (Å²) in [4.78, 5) is 24.4. The number of hydrogen-bond acceptors (Lipinski definition) is 4. The van der Waals surface area contributed by atoms with Crippen molar-refractivity contribution in [2.75, 3.05) is 5.32 Å². The molecular weight excluding hydrogens is 336 g/mol. The molecule has 1 N–H and O–H groups in total. The summed E-state index contributed by atoms with van der Waals surface area (Å²) in [5.74, 6) is -3.16. The van der Waals surface area contributed by atoms with Gasteiger partial charge in [0.15, 0.2) is 0 Å². The largest absolute Gasteiger partial charge is 0.324 e. The summed E-state index contributed by atoms with van der Waals surface area (Å²) in [6.45, 7) is 1.31. The molecule has 0 saturated heterocycles. The third-order valence-electron chi connectivity index (χ3n) is 3.18. The quantitative estimate of drug-likeness (QED) is 0.842. The molecule has 0 bridgehead atoms. The first-order valence-corrected chi connectivity index (χ1v) is 7.74. The topological polar surface area (TPSA) is 74.9 Å². The Morgan fingerprint density at radius 2 is 2.08 bits per heavy atom. The first kappa shape index (κ1) is 17.7. The van der Waals surface area contributed by atoms with Gasteiger partial charge in [0.25, 0.3) is 11.3 Å². The number of nitrogens with one attached hydrogen (secondary N) is 1. The fourth-order valence-corrected chi connectivity index (χ4v) is 2.63. The molecule has 0 spiro atoms. The van der Waals surface area contributed by atoms with Gasteiger partial charge in [-0.05, 0) is 30.7 Å². The fourth-order valence-electron chi connectivity index (χ4n) is 2.04. The Labute approximate surface area is 140 Å². The zero-order valence-electron chi connectivity index (χ0n) is 12.6. The van der Waals surface area contributed by atoms with Crippen LogP contribution in [0.1, 0.15) is 11.1 Å². The number of rotatable bonds is 5.